The number of likely N-dealkylation sites (tertiary alicyclic amines) is 1. The molecule has 2 aromatic heterocycles. The highest BCUT2D eigenvalue weighted by atomic mass is 19.1. The number of nitrogens with zero attached hydrogens (tertiary/aromatic N) is 5. The molecule has 0 radical (unpaired) electrons. The highest BCUT2D eigenvalue weighted by Gasteiger charge is 2.36. The fourth-order valence-corrected chi connectivity index (χ4v) is 4.27. The van der Waals surface area contributed by atoms with E-state index in [1.54, 1.807) is 9.47 Å². The molecule has 3 N–H and O–H groups in total. The molecule has 168 valence electrons. The largest absolute Gasteiger partial charge is 0.394 e. The van der Waals surface area contributed by atoms with Crippen molar-refractivity contribution in [2.45, 2.75) is 37.3 Å². The number of imidazole rings is 1. The first-order valence-electron chi connectivity index (χ1n) is 10.5. The summed E-state index contributed by atoms with van der Waals surface area (Å²) in [5.41, 5.74) is 1.48. The standard InChI is InChI=1S/C21H23FN6O4/c22-13-3-1-12(2-4-13)20(31)27-6-5-14(8-27)26-18-17-19(24-10-23-18)28(11-25-17)21-16(30)7-15(9-29)32-21/h1-4,10-11,14-16,21,29-30H,5-9H2,(H,23,24,26)/t14-,15+,16-,21-/m1/s1. The number of aliphatic hydroxyl groups excluding tert-OH is 2. The van der Waals surface area contributed by atoms with Gasteiger partial charge in [-0.15, -0.1) is 0 Å². The zero-order chi connectivity index (χ0) is 22.2. The summed E-state index contributed by atoms with van der Waals surface area (Å²) in [6, 6.07) is 5.50. The number of anilines is 1. The zero-order valence-electron chi connectivity index (χ0n) is 17.1. The molecule has 0 aliphatic carbocycles. The minimum Gasteiger partial charge on any atom is -0.394 e. The molecule has 10 nitrogen and oxygen atoms in total. The molecule has 11 heteroatoms. The zero-order valence-corrected chi connectivity index (χ0v) is 17.1. The van der Waals surface area contributed by atoms with Gasteiger partial charge in [0.1, 0.15) is 18.2 Å². The molecule has 5 rings (SSSR count). The van der Waals surface area contributed by atoms with Crippen molar-refractivity contribution in [2.75, 3.05) is 25.0 Å². The van der Waals surface area contributed by atoms with Gasteiger partial charge in [-0.25, -0.2) is 19.3 Å². The van der Waals surface area contributed by atoms with Crippen molar-refractivity contribution in [3.05, 3.63) is 48.3 Å². The maximum atomic E-state index is 13.1. The SMILES string of the molecule is O=C(c1ccc(F)cc1)N1CC[C@@H](Nc2ncnc3c2ncn3[C@@H]2O[C@H](CO)C[C@H]2O)C1. The predicted octanol–water partition coefficient (Wildman–Crippen LogP) is 0.933. The lowest BCUT2D eigenvalue weighted by Crippen LogP contribution is -2.31. The first kappa shape index (κ1) is 20.7. The van der Waals surface area contributed by atoms with Crippen LogP contribution in [-0.2, 0) is 4.74 Å². The van der Waals surface area contributed by atoms with Gasteiger partial charge in [-0.05, 0) is 30.7 Å². The van der Waals surface area contributed by atoms with Crippen molar-refractivity contribution < 1.29 is 24.1 Å². The van der Waals surface area contributed by atoms with Crippen LogP contribution in [0.4, 0.5) is 10.2 Å². The van der Waals surface area contributed by atoms with Crippen LogP contribution in [0.25, 0.3) is 11.2 Å². The average molecular weight is 442 g/mol. The number of amides is 1. The van der Waals surface area contributed by atoms with Crippen molar-refractivity contribution in [3.63, 3.8) is 0 Å². The molecule has 0 saturated carbocycles. The van der Waals surface area contributed by atoms with Crippen molar-refractivity contribution in [3.8, 4) is 0 Å². The Labute approximate surface area is 182 Å². The Hall–Kier alpha value is -3.15. The van der Waals surface area contributed by atoms with E-state index in [1.807, 2.05) is 0 Å². The number of carbonyl (C=O) groups excluding carboxylic acids is 1. The van der Waals surface area contributed by atoms with E-state index in [4.69, 9.17) is 4.74 Å². The van der Waals surface area contributed by atoms with E-state index in [2.05, 4.69) is 20.3 Å². The van der Waals surface area contributed by atoms with Gasteiger partial charge in [0.15, 0.2) is 23.2 Å². The van der Waals surface area contributed by atoms with Crippen LogP contribution in [0, 0.1) is 5.82 Å². The van der Waals surface area contributed by atoms with Gasteiger partial charge in [0.05, 0.1) is 19.0 Å². The summed E-state index contributed by atoms with van der Waals surface area (Å²) in [5.74, 6) is 0.00961. The number of aliphatic hydroxyl groups is 2. The van der Waals surface area contributed by atoms with Crippen LogP contribution in [-0.4, -0.2) is 78.5 Å². The number of hydrogen-bond acceptors (Lipinski definition) is 8. The van der Waals surface area contributed by atoms with Gasteiger partial charge < -0.3 is 25.2 Å². The van der Waals surface area contributed by atoms with Gasteiger partial charge in [-0.2, -0.15) is 0 Å². The molecule has 2 aliphatic heterocycles. The van der Waals surface area contributed by atoms with Crippen LogP contribution in [0.2, 0.25) is 0 Å². The van der Waals surface area contributed by atoms with E-state index < -0.39 is 18.4 Å². The number of hydrogen-bond donors (Lipinski definition) is 3. The molecule has 4 heterocycles. The third-order valence-electron chi connectivity index (χ3n) is 5.91. The Bertz CT molecular complexity index is 1120. The minimum absolute atomic E-state index is 0.0326. The van der Waals surface area contributed by atoms with Gasteiger partial charge in [0, 0.05) is 31.1 Å². The van der Waals surface area contributed by atoms with E-state index >= 15 is 0 Å². The number of ether oxygens (including phenoxy) is 1. The lowest BCUT2D eigenvalue weighted by atomic mass is 10.2. The van der Waals surface area contributed by atoms with E-state index in [9.17, 15) is 19.4 Å². The number of nitrogens with one attached hydrogen (secondary N) is 1. The first-order valence-corrected chi connectivity index (χ1v) is 10.5. The number of halogens is 1. The molecule has 2 saturated heterocycles. The Morgan fingerprint density at radius 3 is 2.81 bits per heavy atom. The smallest absolute Gasteiger partial charge is 0.253 e. The second-order valence-corrected chi connectivity index (χ2v) is 8.07. The van der Waals surface area contributed by atoms with Crippen LogP contribution in [0.15, 0.2) is 36.9 Å². The quantitative estimate of drug-likeness (QED) is 0.533. The Kier molecular flexibility index (Phi) is 5.45. The highest BCUT2D eigenvalue weighted by molar-refractivity contribution is 5.94. The first-order chi connectivity index (χ1) is 15.5. The molecule has 0 bridgehead atoms. The second kappa shape index (κ2) is 8.41. The molecule has 2 fully saturated rings. The van der Waals surface area contributed by atoms with E-state index in [0.29, 0.717) is 42.1 Å². The Morgan fingerprint density at radius 2 is 2.06 bits per heavy atom. The fourth-order valence-electron chi connectivity index (χ4n) is 4.27. The molecule has 1 amide bonds. The summed E-state index contributed by atoms with van der Waals surface area (Å²) in [6.45, 7) is 0.878. The van der Waals surface area contributed by atoms with Gasteiger partial charge in [-0.1, -0.05) is 0 Å². The summed E-state index contributed by atoms with van der Waals surface area (Å²) in [5, 5.41) is 23.0. The van der Waals surface area contributed by atoms with Crippen molar-refractivity contribution in [1.29, 1.82) is 0 Å². The third kappa shape index (κ3) is 3.78. The van der Waals surface area contributed by atoms with Crippen molar-refractivity contribution >= 4 is 22.9 Å². The van der Waals surface area contributed by atoms with Crippen LogP contribution in [0.5, 0.6) is 0 Å². The number of fused-ring (bicyclic) bond motifs is 1. The van der Waals surface area contributed by atoms with E-state index in [0.717, 1.165) is 6.42 Å². The minimum atomic E-state index is -0.781. The lowest BCUT2D eigenvalue weighted by molar-refractivity contribution is -0.0486. The van der Waals surface area contributed by atoms with Crippen LogP contribution >= 0.6 is 0 Å². The molecule has 1 aromatic carbocycles. The monoisotopic (exact) mass is 442 g/mol. The predicted molar refractivity (Wildman–Crippen MR) is 111 cm³/mol. The number of rotatable bonds is 5. The number of carbonyl (C=O) groups is 1. The van der Waals surface area contributed by atoms with E-state index in [-0.39, 0.29) is 24.4 Å². The van der Waals surface area contributed by atoms with Gasteiger partial charge >= 0.3 is 0 Å². The van der Waals surface area contributed by atoms with Gasteiger partial charge in [0.25, 0.3) is 5.91 Å². The lowest BCUT2D eigenvalue weighted by Gasteiger charge is -2.18. The summed E-state index contributed by atoms with van der Waals surface area (Å²) >= 11 is 0. The molecule has 3 aromatic rings. The number of benzene rings is 1. The van der Waals surface area contributed by atoms with Crippen LogP contribution in [0.1, 0.15) is 29.4 Å². The summed E-state index contributed by atoms with van der Waals surface area (Å²) in [6.07, 6.45) is 2.10. The third-order valence-corrected chi connectivity index (χ3v) is 5.91. The highest BCUT2D eigenvalue weighted by Crippen LogP contribution is 2.32. The normalized spacial score (nSPS) is 25.5. The summed E-state index contributed by atoms with van der Waals surface area (Å²) in [7, 11) is 0. The summed E-state index contributed by atoms with van der Waals surface area (Å²) < 4.78 is 20.5. The molecule has 2 aliphatic rings. The fraction of sp³-hybridized carbons (Fsp3) is 0.429. The molecule has 32 heavy (non-hydrogen) atoms. The molecule has 0 unspecified atom stereocenters. The Morgan fingerprint density at radius 1 is 1.25 bits per heavy atom. The summed E-state index contributed by atoms with van der Waals surface area (Å²) in [4.78, 5) is 27.4. The maximum absolute atomic E-state index is 13.1. The second-order valence-electron chi connectivity index (χ2n) is 8.07. The topological polar surface area (TPSA) is 126 Å². The van der Waals surface area contributed by atoms with Crippen LogP contribution in [0.3, 0.4) is 0 Å². The maximum Gasteiger partial charge on any atom is 0.253 e. The molecule has 4 atom stereocenters. The number of aromatic nitrogens is 4. The molecular formula is C21H23FN6O4. The van der Waals surface area contributed by atoms with E-state index in [1.165, 1.54) is 36.9 Å². The Balaban J connectivity index is 1.30. The van der Waals surface area contributed by atoms with Gasteiger partial charge in [-0.3, -0.25) is 9.36 Å². The van der Waals surface area contributed by atoms with Gasteiger partial charge in [0.2, 0.25) is 0 Å². The molecular weight excluding hydrogens is 419 g/mol. The van der Waals surface area contributed by atoms with Crippen molar-refractivity contribution in [1.82, 2.24) is 24.4 Å². The average Bonchev–Trinajstić information content (AvgIpc) is 3.52. The van der Waals surface area contributed by atoms with Crippen LogP contribution < -0.4 is 5.32 Å². The van der Waals surface area contributed by atoms with Crippen molar-refractivity contribution in [2.24, 2.45) is 0 Å². The molecule has 0 spiro atoms.